The van der Waals surface area contributed by atoms with E-state index in [-0.39, 0.29) is 33.1 Å². The van der Waals surface area contributed by atoms with Crippen molar-refractivity contribution in [2.75, 3.05) is 19.0 Å². The number of aliphatic carboxylic acids is 1. The Morgan fingerprint density at radius 2 is 1.85 bits per heavy atom. The maximum absolute atomic E-state index is 12.9. The lowest BCUT2D eigenvalue weighted by Crippen LogP contribution is -2.12. The van der Waals surface area contributed by atoms with Crippen molar-refractivity contribution in [3.05, 3.63) is 68.0 Å². The molecule has 0 radical (unpaired) electrons. The number of aromatic nitrogens is 1. The van der Waals surface area contributed by atoms with Crippen LogP contribution in [0.1, 0.15) is 67.6 Å². The fourth-order valence-corrected chi connectivity index (χ4v) is 5.19. The number of anilines is 1. The highest BCUT2D eigenvalue weighted by atomic mass is 35.5. The Morgan fingerprint density at radius 1 is 1.15 bits per heavy atom. The highest BCUT2D eigenvalue weighted by molar-refractivity contribution is 7.14. The van der Waals surface area contributed by atoms with Gasteiger partial charge in [0.15, 0.2) is 5.13 Å². The maximum Gasteiger partial charge on any atom is 0.331 e. The monoisotopic (exact) mass is 604 g/mol. The molecule has 0 fully saturated rings. The number of halogens is 2. The van der Waals surface area contributed by atoms with Gasteiger partial charge in [-0.25, -0.2) is 9.78 Å². The SMILES string of the molecule is COc1c(-c2csc(NC(=O)c3cc(Cl)c(/C=C(\C)C(=O)O)c(Cl)c3)n2)cccc1[C@H](C)OCCCCC(C)=O. The van der Waals surface area contributed by atoms with E-state index in [1.807, 2.05) is 30.5 Å². The highest BCUT2D eigenvalue weighted by Gasteiger charge is 2.19. The van der Waals surface area contributed by atoms with Gasteiger partial charge in [-0.1, -0.05) is 35.3 Å². The average Bonchev–Trinajstić information content (AvgIpc) is 3.37. The van der Waals surface area contributed by atoms with Gasteiger partial charge in [0.2, 0.25) is 0 Å². The molecule has 8 nitrogen and oxygen atoms in total. The van der Waals surface area contributed by atoms with Crippen molar-refractivity contribution in [2.45, 2.75) is 46.1 Å². The van der Waals surface area contributed by atoms with Crippen LogP contribution in [0.25, 0.3) is 17.3 Å². The van der Waals surface area contributed by atoms with Crippen LogP contribution in [0.5, 0.6) is 5.75 Å². The summed E-state index contributed by atoms with van der Waals surface area (Å²) >= 11 is 13.8. The van der Waals surface area contributed by atoms with Gasteiger partial charge in [-0.3, -0.25) is 10.1 Å². The number of nitrogens with one attached hydrogen (secondary N) is 1. The molecule has 3 rings (SSSR count). The Hall–Kier alpha value is -3.24. The van der Waals surface area contributed by atoms with E-state index in [2.05, 4.69) is 10.3 Å². The van der Waals surface area contributed by atoms with Crippen LogP contribution in [-0.4, -0.2) is 41.5 Å². The minimum atomic E-state index is -1.10. The molecule has 2 N–H and O–H groups in total. The number of thiazole rings is 1. The van der Waals surface area contributed by atoms with E-state index in [0.29, 0.717) is 35.2 Å². The predicted molar refractivity (Wildman–Crippen MR) is 159 cm³/mol. The number of carboxylic acid groups (broad SMARTS) is 1. The molecule has 0 aliphatic carbocycles. The number of unbranched alkanes of at least 4 members (excludes halogenated alkanes) is 1. The zero-order valence-electron chi connectivity index (χ0n) is 22.5. The molecule has 212 valence electrons. The summed E-state index contributed by atoms with van der Waals surface area (Å²) in [6.45, 7) is 5.48. The molecule has 0 aliphatic rings. The summed E-state index contributed by atoms with van der Waals surface area (Å²) in [5.41, 5.74) is 2.81. The van der Waals surface area contributed by atoms with Crippen molar-refractivity contribution in [3.63, 3.8) is 0 Å². The molecule has 0 bridgehead atoms. The average molecular weight is 606 g/mol. The number of ether oxygens (including phenoxy) is 2. The number of carboxylic acids is 1. The van der Waals surface area contributed by atoms with Gasteiger partial charge in [-0.05, 0) is 57.9 Å². The molecular formula is C29H30Cl2N2O6S. The van der Waals surface area contributed by atoms with E-state index in [1.165, 1.54) is 36.5 Å². The van der Waals surface area contributed by atoms with Crippen LogP contribution in [0.15, 0.2) is 41.3 Å². The fourth-order valence-electron chi connectivity index (χ4n) is 3.89. The predicted octanol–water partition coefficient (Wildman–Crippen LogP) is 7.70. The molecular weight excluding hydrogens is 575 g/mol. The van der Waals surface area contributed by atoms with Crippen molar-refractivity contribution in [2.24, 2.45) is 0 Å². The first-order valence-corrected chi connectivity index (χ1v) is 14.1. The van der Waals surface area contributed by atoms with Crippen molar-refractivity contribution in [1.29, 1.82) is 0 Å². The number of Topliss-reactive ketones (excluding diaryl/α,β-unsaturated/α-hetero) is 1. The largest absolute Gasteiger partial charge is 0.496 e. The third-order valence-electron chi connectivity index (χ3n) is 6.02. The van der Waals surface area contributed by atoms with Gasteiger partial charge in [0, 0.05) is 46.2 Å². The first-order chi connectivity index (χ1) is 19.0. The van der Waals surface area contributed by atoms with Crippen LogP contribution in [0.2, 0.25) is 10.0 Å². The van der Waals surface area contributed by atoms with Crippen LogP contribution in [0.3, 0.4) is 0 Å². The van der Waals surface area contributed by atoms with Crippen LogP contribution < -0.4 is 10.1 Å². The van der Waals surface area contributed by atoms with E-state index < -0.39 is 11.9 Å². The Labute approximate surface area is 246 Å². The lowest BCUT2D eigenvalue weighted by molar-refractivity contribution is -0.132. The Balaban J connectivity index is 1.75. The summed E-state index contributed by atoms with van der Waals surface area (Å²) in [6, 6.07) is 8.56. The van der Waals surface area contributed by atoms with Gasteiger partial charge in [0.1, 0.15) is 11.5 Å². The quantitative estimate of drug-likeness (QED) is 0.152. The molecule has 1 heterocycles. The summed E-state index contributed by atoms with van der Waals surface area (Å²) in [5, 5.41) is 14.3. The molecule has 2 aromatic carbocycles. The molecule has 1 amide bonds. The number of amides is 1. The zero-order chi connectivity index (χ0) is 29.4. The van der Waals surface area contributed by atoms with E-state index >= 15 is 0 Å². The molecule has 1 aromatic heterocycles. The summed E-state index contributed by atoms with van der Waals surface area (Å²) in [7, 11) is 1.58. The highest BCUT2D eigenvalue weighted by Crippen LogP contribution is 2.38. The van der Waals surface area contributed by atoms with Gasteiger partial charge in [0.05, 0.1) is 29.0 Å². The third-order valence-corrected chi connectivity index (χ3v) is 7.40. The van der Waals surface area contributed by atoms with Crippen LogP contribution in [0, 0.1) is 0 Å². The zero-order valence-corrected chi connectivity index (χ0v) is 24.9. The van der Waals surface area contributed by atoms with Gasteiger partial charge in [-0.15, -0.1) is 11.3 Å². The number of carbonyl (C=O) groups excluding carboxylic acids is 2. The molecule has 0 saturated heterocycles. The maximum atomic E-state index is 12.9. The summed E-state index contributed by atoms with van der Waals surface area (Å²) < 4.78 is 11.7. The van der Waals surface area contributed by atoms with Gasteiger partial charge in [0.25, 0.3) is 5.91 Å². The normalized spacial score (nSPS) is 12.2. The molecule has 0 spiro atoms. The summed E-state index contributed by atoms with van der Waals surface area (Å²) in [4.78, 5) is 39.8. The van der Waals surface area contributed by atoms with Crippen molar-refractivity contribution in [3.8, 4) is 17.0 Å². The van der Waals surface area contributed by atoms with Gasteiger partial charge < -0.3 is 19.4 Å². The molecule has 0 unspecified atom stereocenters. The Bertz CT molecular complexity index is 1410. The Morgan fingerprint density at radius 3 is 2.48 bits per heavy atom. The number of rotatable bonds is 13. The number of hydrogen-bond acceptors (Lipinski definition) is 7. The number of carbonyl (C=O) groups is 3. The first-order valence-electron chi connectivity index (χ1n) is 12.5. The first kappa shape index (κ1) is 31.3. The molecule has 3 aromatic rings. The van der Waals surface area contributed by atoms with E-state index in [1.54, 1.807) is 14.0 Å². The molecule has 1 atom stereocenters. The smallest absolute Gasteiger partial charge is 0.331 e. The van der Waals surface area contributed by atoms with Gasteiger partial charge in [-0.2, -0.15) is 0 Å². The van der Waals surface area contributed by atoms with E-state index in [4.69, 9.17) is 37.8 Å². The molecule has 0 saturated carbocycles. The van der Waals surface area contributed by atoms with Gasteiger partial charge >= 0.3 is 5.97 Å². The number of para-hydroxylation sites is 1. The van der Waals surface area contributed by atoms with Crippen molar-refractivity contribution >= 4 is 63.4 Å². The van der Waals surface area contributed by atoms with Crippen LogP contribution in [0.4, 0.5) is 5.13 Å². The number of hydrogen-bond donors (Lipinski definition) is 2. The van der Waals surface area contributed by atoms with Crippen molar-refractivity contribution in [1.82, 2.24) is 4.98 Å². The van der Waals surface area contributed by atoms with Crippen molar-refractivity contribution < 1.29 is 29.0 Å². The minimum absolute atomic E-state index is 0.0569. The second-order valence-electron chi connectivity index (χ2n) is 9.08. The lowest BCUT2D eigenvalue weighted by Gasteiger charge is -2.18. The number of nitrogens with zero attached hydrogens (tertiary/aromatic N) is 1. The van der Waals surface area contributed by atoms with E-state index in [9.17, 15) is 14.4 Å². The molecule has 11 heteroatoms. The number of benzene rings is 2. The number of ketones is 1. The van der Waals surface area contributed by atoms with E-state index in [0.717, 1.165) is 24.0 Å². The summed E-state index contributed by atoms with van der Waals surface area (Å²) in [6.07, 6.45) is 3.24. The fraction of sp³-hybridized carbons (Fsp3) is 0.310. The minimum Gasteiger partial charge on any atom is -0.496 e. The van der Waals surface area contributed by atoms with Crippen LogP contribution in [-0.2, 0) is 14.3 Å². The second kappa shape index (κ2) is 14.4. The lowest BCUT2D eigenvalue weighted by atomic mass is 10.0. The Kier molecular flexibility index (Phi) is 11.3. The summed E-state index contributed by atoms with van der Waals surface area (Å²) in [5.74, 6) is -0.769. The molecule has 0 aliphatic heterocycles. The standard InChI is InChI=1S/C29H30Cl2N2O6S/c1-16(28(36)37)12-22-23(30)13-19(14-24(22)31)27(35)33-29-32-25(15-40-29)21-10-7-9-20(26(21)38-4)18(3)39-11-6-5-8-17(2)34/h7,9-10,12-15,18H,5-6,8,11H2,1-4H3,(H,36,37)(H,32,33,35)/b16-12+/t18-/m0/s1. The molecule has 40 heavy (non-hydrogen) atoms. The topological polar surface area (TPSA) is 115 Å². The number of methoxy groups -OCH3 is 1. The third kappa shape index (κ3) is 8.14. The second-order valence-corrected chi connectivity index (χ2v) is 10.8. The van der Waals surface area contributed by atoms with Crippen LogP contribution >= 0.6 is 34.5 Å².